The Hall–Kier alpha value is 0.194. The van der Waals surface area contributed by atoms with Gasteiger partial charge in [0.1, 0.15) is 0 Å². The van der Waals surface area contributed by atoms with Crippen LogP contribution in [-0.2, 0) is 32.7 Å². The SMILES string of the molecule is [CH2-]c1ccccc1C.[Y]. The monoisotopic (exact) mass is 194 g/mol. The Morgan fingerprint density at radius 2 is 1.78 bits per heavy atom. The molecule has 0 aliphatic carbocycles. The van der Waals surface area contributed by atoms with Crippen molar-refractivity contribution in [3.63, 3.8) is 0 Å². The Bertz CT molecular complexity index is 161. The van der Waals surface area contributed by atoms with Crippen LogP contribution < -0.4 is 0 Å². The van der Waals surface area contributed by atoms with Crippen LogP contribution in [0.25, 0.3) is 0 Å². The largest absolute Gasteiger partial charge is 0.198 e. The van der Waals surface area contributed by atoms with E-state index < -0.39 is 0 Å². The summed E-state index contributed by atoms with van der Waals surface area (Å²) in [5.74, 6) is 0. The van der Waals surface area contributed by atoms with Gasteiger partial charge in [0.2, 0.25) is 0 Å². The molecule has 0 saturated heterocycles. The van der Waals surface area contributed by atoms with Crippen LogP contribution in [0.15, 0.2) is 24.3 Å². The van der Waals surface area contributed by atoms with Crippen molar-refractivity contribution >= 4 is 0 Å². The Kier molecular flexibility index (Phi) is 4.17. The van der Waals surface area contributed by atoms with E-state index in [0.717, 1.165) is 5.56 Å². The number of hydrogen-bond acceptors (Lipinski definition) is 0. The third-order valence-corrected chi connectivity index (χ3v) is 1.26. The number of aryl methyl sites for hydroxylation is 1. The molecular weight excluding hydrogens is 185 g/mol. The number of hydrogen-bond donors (Lipinski definition) is 0. The van der Waals surface area contributed by atoms with Crippen molar-refractivity contribution in [2.75, 3.05) is 0 Å². The van der Waals surface area contributed by atoms with Crippen molar-refractivity contribution in [1.82, 2.24) is 0 Å². The quantitative estimate of drug-likeness (QED) is 0.555. The Morgan fingerprint density at radius 1 is 1.22 bits per heavy atom. The van der Waals surface area contributed by atoms with Crippen molar-refractivity contribution < 1.29 is 32.7 Å². The molecule has 1 heteroatoms. The number of benzene rings is 1. The molecule has 1 aromatic carbocycles. The third-order valence-electron chi connectivity index (χ3n) is 1.26. The van der Waals surface area contributed by atoms with Crippen LogP contribution in [-0.4, -0.2) is 0 Å². The van der Waals surface area contributed by atoms with Crippen molar-refractivity contribution in [1.29, 1.82) is 0 Å². The summed E-state index contributed by atoms with van der Waals surface area (Å²) in [7, 11) is 0. The summed E-state index contributed by atoms with van der Waals surface area (Å²) in [6.45, 7) is 5.88. The number of rotatable bonds is 0. The maximum atomic E-state index is 3.82. The average Bonchev–Trinajstić information content (AvgIpc) is 1.77. The van der Waals surface area contributed by atoms with Gasteiger partial charge in [-0.3, -0.25) is 0 Å². The van der Waals surface area contributed by atoms with E-state index >= 15 is 0 Å². The van der Waals surface area contributed by atoms with Gasteiger partial charge in [0.05, 0.1) is 0 Å². The maximum Gasteiger partial charge on any atom is 0 e. The summed E-state index contributed by atoms with van der Waals surface area (Å²) in [4.78, 5) is 0. The molecule has 0 amide bonds. The molecule has 9 heavy (non-hydrogen) atoms. The van der Waals surface area contributed by atoms with Crippen LogP contribution >= 0.6 is 0 Å². The van der Waals surface area contributed by atoms with Gasteiger partial charge < -0.3 is 0 Å². The van der Waals surface area contributed by atoms with E-state index in [1.54, 1.807) is 0 Å². The first-order chi connectivity index (χ1) is 3.80. The normalized spacial score (nSPS) is 8.11. The first kappa shape index (κ1) is 9.19. The second-order valence-electron chi connectivity index (χ2n) is 1.93. The molecule has 1 rings (SSSR count). The summed E-state index contributed by atoms with van der Waals surface area (Å²) in [5.41, 5.74) is 2.38. The molecule has 0 atom stereocenters. The molecule has 0 aliphatic rings. The Balaban J connectivity index is 0.000000640. The summed E-state index contributed by atoms with van der Waals surface area (Å²) < 4.78 is 0. The van der Waals surface area contributed by atoms with E-state index in [9.17, 15) is 0 Å². The fourth-order valence-corrected chi connectivity index (χ4v) is 0.610. The molecule has 0 heterocycles. The van der Waals surface area contributed by atoms with Crippen LogP contribution in [0.3, 0.4) is 0 Å². The molecule has 0 aromatic heterocycles. The van der Waals surface area contributed by atoms with Gasteiger partial charge in [0.15, 0.2) is 0 Å². The Morgan fingerprint density at radius 3 is 2.11 bits per heavy atom. The zero-order chi connectivity index (χ0) is 5.98. The molecular formula is C8H9Y-. The van der Waals surface area contributed by atoms with E-state index in [1.165, 1.54) is 5.56 Å². The molecule has 45 valence electrons. The molecule has 0 nitrogen and oxygen atoms in total. The van der Waals surface area contributed by atoms with Crippen molar-refractivity contribution in [3.05, 3.63) is 42.3 Å². The van der Waals surface area contributed by atoms with E-state index in [0.29, 0.717) is 0 Å². The van der Waals surface area contributed by atoms with Gasteiger partial charge >= 0.3 is 0 Å². The van der Waals surface area contributed by atoms with Gasteiger partial charge in [-0.15, -0.1) is 12.1 Å². The molecule has 0 fully saturated rings. The minimum absolute atomic E-state index is 0. The summed E-state index contributed by atoms with van der Waals surface area (Å²) >= 11 is 0. The van der Waals surface area contributed by atoms with Crippen LogP contribution in [0, 0.1) is 13.8 Å². The van der Waals surface area contributed by atoms with Gasteiger partial charge in [-0.05, 0) is 0 Å². The molecule has 0 bridgehead atoms. The molecule has 0 aliphatic heterocycles. The molecule has 1 radical (unpaired) electrons. The smallest absolute Gasteiger partial charge is 0 e. The summed E-state index contributed by atoms with van der Waals surface area (Å²) in [5, 5.41) is 0. The van der Waals surface area contributed by atoms with E-state index in [2.05, 4.69) is 19.9 Å². The fraction of sp³-hybridized carbons (Fsp3) is 0.125. The van der Waals surface area contributed by atoms with Crippen molar-refractivity contribution in [2.45, 2.75) is 6.92 Å². The second kappa shape index (κ2) is 4.08. The van der Waals surface area contributed by atoms with Gasteiger partial charge in [-0.2, -0.15) is 24.1 Å². The first-order valence-electron chi connectivity index (χ1n) is 2.68. The standard InChI is InChI=1S/C8H9.Y/c1-7-5-3-4-6-8(7)2;/h3-6H,1H2,2H3;/q-1;. The zero-order valence-electron chi connectivity index (χ0n) is 5.59. The van der Waals surface area contributed by atoms with Gasteiger partial charge in [-0.25, -0.2) is 0 Å². The van der Waals surface area contributed by atoms with Crippen LogP contribution in [0.1, 0.15) is 11.1 Å². The van der Waals surface area contributed by atoms with Crippen LogP contribution in [0.4, 0.5) is 0 Å². The minimum Gasteiger partial charge on any atom is -0.198 e. The molecule has 0 N–H and O–H groups in total. The van der Waals surface area contributed by atoms with Crippen molar-refractivity contribution in [2.24, 2.45) is 0 Å². The fourth-order valence-electron chi connectivity index (χ4n) is 0.610. The molecule has 0 spiro atoms. The summed E-state index contributed by atoms with van der Waals surface area (Å²) in [6.07, 6.45) is 0. The van der Waals surface area contributed by atoms with E-state index in [4.69, 9.17) is 0 Å². The summed E-state index contributed by atoms with van der Waals surface area (Å²) in [6, 6.07) is 8.08. The second-order valence-corrected chi connectivity index (χ2v) is 1.93. The van der Waals surface area contributed by atoms with Crippen LogP contribution in [0.5, 0.6) is 0 Å². The van der Waals surface area contributed by atoms with E-state index in [-0.39, 0.29) is 32.7 Å². The molecule has 0 unspecified atom stereocenters. The Labute approximate surface area is 81.5 Å². The molecule has 1 aromatic rings. The van der Waals surface area contributed by atoms with Gasteiger partial charge in [-0.1, -0.05) is 13.0 Å². The van der Waals surface area contributed by atoms with E-state index in [1.807, 2.05) is 18.2 Å². The minimum atomic E-state index is 0. The molecule has 0 saturated carbocycles. The predicted molar refractivity (Wildman–Crippen MR) is 35.6 cm³/mol. The maximum absolute atomic E-state index is 3.82. The van der Waals surface area contributed by atoms with Gasteiger partial charge in [0.25, 0.3) is 0 Å². The van der Waals surface area contributed by atoms with Crippen LogP contribution in [0.2, 0.25) is 0 Å². The predicted octanol–water partition coefficient (Wildman–Crippen LogP) is 2.17. The first-order valence-corrected chi connectivity index (χ1v) is 2.68. The van der Waals surface area contributed by atoms with Crippen molar-refractivity contribution in [3.8, 4) is 0 Å². The third kappa shape index (κ3) is 2.51. The zero-order valence-corrected chi connectivity index (χ0v) is 8.43. The average molecular weight is 194 g/mol. The topological polar surface area (TPSA) is 0 Å². The van der Waals surface area contributed by atoms with Gasteiger partial charge in [0, 0.05) is 32.7 Å².